The van der Waals surface area contributed by atoms with Crippen molar-refractivity contribution in [1.82, 2.24) is 0 Å². The van der Waals surface area contributed by atoms with Gasteiger partial charge in [0.05, 0.1) is 6.61 Å². The molecule has 0 bridgehead atoms. The van der Waals surface area contributed by atoms with Gasteiger partial charge in [-0.1, -0.05) is 19.8 Å². The van der Waals surface area contributed by atoms with Crippen LogP contribution in [0.25, 0.3) is 0 Å². The summed E-state index contributed by atoms with van der Waals surface area (Å²) in [5.41, 5.74) is 0. The first-order valence-electron chi connectivity index (χ1n) is 4.85. The quantitative estimate of drug-likeness (QED) is 0.736. The molecule has 0 amide bonds. The highest BCUT2D eigenvalue weighted by molar-refractivity contribution is 5.31. The number of phenolic OH excluding ortho intramolecular Hbond substituents is 1. The number of unbranched alkanes of at least 4 members (excludes halogenated alkanes) is 2. The lowest BCUT2D eigenvalue weighted by atomic mass is 10.2. The highest BCUT2D eigenvalue weighted by Crippen LogP contribution is 2.21. The Bertz CT molecular complexity index is 287. The summed E-state index contributed by atoms with van der Waals surface area (Å²) in [4.78, 5) is 0. The molecule has 14 heavy (non-hydrogen) atoms. The Morgan fingerprint density at radius 2 is 2.14 bits per heavy atom. The minimum absolute atomic E-state index is 0.342. The highest BCUT2D eigenvalue weighted by Gasteiger charge is 2.01. The SMILES string of the molecule is CCCCCOc1ccc(O)c(F)c1. The maximum Gasteiger partial charge on any atom is 0.168 e. The van der Waals surface area contributed by atoms with Crippen LogP contribution in [-0.4, -0.2) is 11.7 Å². The molecule has 2 nitrogen and oxygen atoms in total. The molecule has 0 aliphatic carbocycles. The monoisotopic (exact) mass is 198 g/mol. The minimum atomic E-state index is -0.641. The lowest BCUT2D eigenvalue weighted by Crippen LogP contribution is -1.97. The molecule has 1 N–H and O–H groups in total. The van der Waals surface area contributed by atoms with E-state index >= 15 is 0 Å². The van der Waals surface area contributed by atoms with Gasteiger partial charge in [0.1, 0.15) is 5.75 Å². The molecule has 1 aromatic carbocycles. The number of hydrogen-bond donors (Lipinski definition) is 1. The van der Waals surface area contributed by atoms with Crippen molar-refractivity contribution >= 4 is 0 Å². The number of benzene rings is 1. The molecule has 0 heterocycles. The van der Waals surface area contributed by atoms with Crippen molar-refractivity contribution in [3.8, 4) is 11.5 Å². The normalized spacial score (nSPS) is 10.1. The van der Waals surface area contributed by atoms with Gasteiger partial charge in [-0.2, -0.15) is 0 Å². The van der Waals surface area contributed by atoms with Crippen molar-refractivity contribution in [3.63, 3.8) is 0 Å². The van der Waals surface area contributed by atoms with Crippen LogP contribution in [0.4, 0.5) is 4.39 Å². The second-order valence-electron chi connectivity index (χ2n) is 3.17. The van der Waals surface area contributed by atoms with Crippen LogP contribution in [0.3, 0.4) is 0 Å². The van der Waals surface area contributed by atoms with Crippen LogP contribution < -0.4 is 4.74 Å². The lowest BCUT2D eigenvalue weighted by molar-refractivity contribution is 0.303. The Hall–Kier alpha value is -1.25. The van der Waals surface area contributed by atoms with Crippen LogP contribution in [0.2, 0.25) is 0 Å². The Morgan fingerprint density at radius 3 is 2.79 bits per heavy atom. The van der Waals surface area contributed by atoms with Gasteiger partial charge in [-0.05, 0) is 18.6 Å². The van der Waals surface area contributed by atoms with Crippen LogP contribution in [0.5, 0.6) is 11.5 Å². The van der Waals surface area contributed by atoms with Crippen molar-refractivity contribution in [2.75, 3.05) is 6.61 Å². The standard InChI is InChI=1S/C11H15FO2/c1-2-3-4-7-14-9-5-6-11(13)10(12)8-9/h5-6,8,13H,2-4,7H2,1H3. The van der Waals surface area contributed by atoms with Crippen LogP contribution in [0.1, 0.15) is 26.2 Å². The number of rotatable bonds is 5. The van der Waals surface area contributed by atoms with Crippen LogP contribution in [0, 0.1) is 5.82 Å². The Labute approximate surface area is 83.3 Å². The average molecular weight is 198 g/mol. The van der Waals surface area contributed by atoms with Gasteiger partial charge in [0, 0.05) is 6.07 Å². The first kappa shape index (κ1) is 10.8. The highest BCUT2D eigenvalue weighted by atomic mass is 19.1. The van der Waals surface area contributed by atoms with E-state index in [0.29, 0.717) is 12.4 Å². The molecular weight excluding hydrogens is 183 g/mol. The summed E-state index contributed by atoms with van der Waals surface area (Å²) in [5.74, 6) is -0.514. The summed E-state index contributed by atoms with van der Waals surface area (Å²) in [6.45, 7) is 2.71. The molecule has 1 rings (SSSR count). The number of halogens is 1. The summed E-state index contributed by atoms with van der Waals surface area (Å²) < 4.78 is 18.1. The summed E-state index contributed by atoms with van der Waals surface area (Å²) in [7, 11) is 0. The van der Waals surface area contributed by atoms with E-state index in [2.05, 4.69) is 6.92 Å². The maximum atomic E-state index is 12.8. The summed E-state index contributed by atoms with van der Waals surface area (Å²) >= 11 is 0. The molecule has 0 unspecified atom stereocenters. The Balaban J connectivity index is 2.39. The smallest absolute Gasteiger partial charge is 0.168 e. The molecule has 0 fully saturated rings. The fraction of sp³-hybridized carbons (Fsp3) is 0.455. The van der Waals surface area contributed by atoms with E-state index in [-0.39, 0.29) is 5.75 Å². The predicted octanol–water partition coefficient (Wildman–Crippen LogP) is 3.10. The number of hydrogen-bond acceptors (Lipinski definition) is 2. The predicted molar refractivity (Wildman–Crippen MR) is 53.1 cm³/mol. The third kappa shape index (κ3) is 3.24. The van der Waals surface area contributed by atoms with Crippen LogP contribution >= 0.6 is 0 Å². The fourth-order valence-electron chi connectivity index (χ4n) is 1.12. The molecule has 1 aromatic rings. The second kappa shape index (κ2) is 5.47. The van der Waals surface area contributed by atoms with Gasteiger partial charge < -0.3 is 9.84 Å². The number of ether oxygens (including phenoxy) is 1. The molecule has 0 aromatic heterocycles. The Morgan fingerprint density at radius 1 is 1.36 bits per heavy atom. The van der Waals surface area contributed by atoms with E-state index in [9.17, 15) is 4.39 Å². The molecule has 0 spiro atoms. The number of phenols is 1. The van der Waals surface area contributed by atoms with Gasteiger partial charge in [-0.3, -0.25) is 0 Å². The topological polar surface area (TPSA) is 29.5 Å². The largest absolute Gasteiger partial charge is 0.505 e. The van der Waals surface area contributed by atoms with E-state index in [1.807, 2.05) is 0 Å². The maximum absolute atomic E-state index is 12.8. The molecule has 78 valence electrons. The summed E-state index contributed by atoms with van der Waals surface area (Å²) in [6.07, 6.45) is 3.22. The molecule has 0 atom stereocenters. The van der Waals surface area contributed by atoms with E-state index in [1.54, 1.807) is 6.07 Å². The molecule has 0 saturated heterocycles. The van der Waals surface area contributed by atoms with Crippen LogP contribution in [0.15, 0.2) is 18.2 Å². The van der Waals surface area contributed by atoms with Gasteiger partial charge in [0.25, 0.3) is 0 Å². The zero-order valence-electron chi connectivity index (χ0n) is 8.29. The Kier molecular flexibility index (Phi) is 4.23. The molecule has 0 aliphatic rings. The third-order valence-electron chi connectivity index (χ3n) is 1.94. The first-order chi connectivity index (χ1) is 6.74. The molecule has 0 saturated carbocycles. The van der Waals surface area contributed by atoms with Gasteiger partial charge in [0.15, 0.2) is 11.6 Å². The van der Waals surface area contributed by atoms with Crippen molar-refractivity contribution in [2.24, 2.45) is 0 Å². The molecule has 3 heteroatoms. The molecule has 0 radical (unpaired) electrons. The molecular formula is C11H15FO2. The first-order valence-corrected chi connectivity index (χ1v) is 4.85. The third-order valence-corrected chi connectivity index (χ3v) is 1.94. The van der Waals surface area contributed by atoms with Crippen molar-refractivity contribution in [1.29, 1.82) is 0 Å². The van der Waals surface area contributed by atoms with E-state index in [0.717, 1.165) is 19.3 Å². The summed E-state index contributed by atoms with van der Waals surface area (Å²) in [6, 6.07) is 4.05. The zero-order valence-corrected chi connectivity index (χ0v) is 8.29. The molecule has 0 aliphatic heterocycles. The fourth-order valence-corrected chi connectivity index (χ4v) is 1.12. The van der Waals surface area contributed by atoms with Gasteiger partial charge >= 0.3 is 0 Å². The van der Waals surface area contributed by atoms with E-state index in [4.69, 9.17) is 9.84 Å². The average Bonchev–Trinajstić information content (AvgIpc) is 2.18. The van der Waals surface area contributed by atoms with Gasteiger partial charge in [0.2, 0.25) is 0 Å². The number of aromatic hydroxyl groups is 1. The van der Waals surface area contributed by atoms with Gasteiger partial charge in [-0.25, -0.2) is 4.39 Å². The summed E-state index contributed by atoms with van der Waals surface area (Å²) in [5, 5.41) is 8.92. The zero-order chi connectivity index (χ0) is 10.4. The second-order valence-corrected chi connectivity index (χ2v) is 3.17. The lowest BCUT2D eigenvalue weighted by Gasteiger charge is -2.05. The van der Waals surface area contributed by atoms with E-state index < -0.39 is 5.82 Å². The van der Waals surface area contributed by atoms with Crippen LogP contribution in [-0.2, 0) is 0 Å². The van der Waals surface area contributed by atoms with Gasteiger partial charge in [-0.15, -0.1) is 0 Å². The van der Waals surface area contributed by atoms with Crippen molar-refractivity contribution < 1.29 is 14.2 Å². The van der Waals surface area contributed by atoms with Crippen molar-refractivity contribution in [3.05, 3.63) is 24.0 Å². The van der Waals surface area contributed by atoms with E-state index in [1.165, 1.54) is 12.1 Å². The minimum Gasteiger partial charge on any atom is -0.505 e. The van der Waals surface area contributed by atoms with Crippen molar-refractivity contribution in [2.45, 2.75) is 26.2 Å².